The Labute approximate surface area is 212 Å². The predicted octanol–water partition coefficient (Wildman–Crippen LogP) is 5.26. The number of imidazole rings is 1. The van der Waals surface area contributed by atoms with E-state index in [2.05, 4.69) is 15.9 Å². The lowest BCUT2D eigenvalue weighted by molar-refractivity contribution is 0.355. The number of halogens is 1. The molecule has 1 aliphatic heterocycles. The fraction of sp³-hybridized carbons (Fsp3) is 0.192. The van der Waals surface area contributed by atoms with Gasteiger partial charge in [-0.1, -0.05) is 22.0 Å². The molecule has 0 amide bonds. The molecule has 1 aliphatic rings. The van der Waals surface area contributed by atoms with E-state index in [0.717, 1.165) is 32.5 Å². The van der Waals surface area contributed by atoms with E-state index in [0.29, 0.717) is 35.9 Å². The summed E-state index contributed by atoms with van der Waals surface area (Å²) in [5.41, 5.74) is 4.76. The van der Waals surface area contributed by atoms with Crippen molar-refractivity contribution in [3.63, 3.8) is 0 Å². The maximum absolute atomic E-state index is 13.0. The molecule has 9 heteroatoms. The van der Waals surface area contributed by atoms with Gasteiger partial charge in [-0.05, 0) is 72.2 Å². The van der Waals surface area contributed by atoms with Gasteiger partial charge in [0.05, 0.1) is 24.8 Å². The standard InChI is InChI=1S/C26H24BrN3O4S/c1-33-24-9-3-19(15-25(24)34-2)23-17-29-16-20(4-10-26(29)28-23)18-11-13-30(14-12-18)35(31,32)22-7-5-21(27)6-8-22/h3-11,15-17H,12-14H2,1-2H3. The second kappa shape index (κ2) is 9.49. The van der Waals surface area contributed by atoms with E-state index in [-0.39, 0.29) is 0 Å². The predicted molar refractivity (Wildman–Crippen MR) is 139 cm³/mol. The number of benzene rings is 2. The van der Waals surface area contributed by atoms with Gasteiger partial charge in [0.1, 0.15) is 5.65 Å². The highest BCUT2D eigenvalue weighted by atomic mass is 79.9. The molecule has 5 rings (SSSR count). The number of ether oxygens (including phenoxy) is 2. The van der Waals surface area contributed by atoms with Crippen LogP contribution in [-0.2, 0) is 10.0 Å². The topological polar surface area (TPSA) is 73.1 Å². The third-order valence-corrected chi connectivity index (χ3v) is 8.53. The number of nitrogens with zero attached hydrogens (tertiary/aromatic N) is 3. The zero-order valence-electron chi connectivity index (χ0n) is 19.3. The summed E-state index contributed by atoms with van der Waals surface area (Å²) in [4.78, 5) is 5.05. The Morgan fingerprint density at radius 2 is 1.66 bits per heavy atom. The molecule has 180 valence electrons. The summed E-state index contributed by atoms with van der Waals surface area (Å²) in [5, 5.41) is 0. The van der Waals surface area contributed by atoms with Crippen molar-refractivity contribution in [1.82, 2.24) is 13.7 Å². The lowest BCUT2D eigenvalue weighted by Crippen LogP contribution is -2.34. The Balaban J connectivity index is 1.38. The van der Waals surface area contributed by atoms with Crippen molar-refractivity contribution in [3.05, 3.63) is 83.1 Å². The smallest absolute Gasteiger partial charge is 0.243 e. The Morgan fingerprint density at radius 3 is 2.34 bits per heavy atom. The molecule has 0 saturated heterocycles. The van der Waals surface area contributed by atoms with Gasteiger partial charge >= 0.3 is 0 Å². The number of hydrogen-bond donors (Lipinski definition) is 0. The maximum Gasteiger partial charge on any atom is 0.243 e. The molecule has 35 heavy (non-hydrogen) atoms. The van der Waals surface area contributed by atoms with Crippen LogP contribution in [0.3, 0.4) is 0 Å². The lowest BCUT2D eigenvalue weighted by Gasteiger charge is -2.26. The lowest BCUT2D eigenvalue weighted by atomic mass is 10.0. The van der Waals surface area contributed by atoms with Crippen LogP contribution in [0.1, 0.15) is 12.0 Å². The summed E-state index contributed by atoms with van der Waals surface area (Å²) in [7, 11) is -0.301. The van der Waals surface area contributed by atoms with Crippen molar-refractivity contribution >= 4 is 37.2 Å². The monoisotopic (exact) mass is 553 g/mol. The van der Waals surface area contributed by atoms with Crippen LogP contribution in [0, 0.1) is 0 Å². The van der Waals surface area contributed by atoms with Crippen molar-refractivity contribution in [3.8, 4) is 22.8 Å². The second-order valence-electron chi connectivity index (χ2n) is 8.18. The minimum absolute atomic E-state index is 0.306. The average molecular weight is 554 g/mol. The normalized spacial score (nSPS) is 14.7. The van der Waals surface area contributed by atoms with Crippen molar-refractivity contribution < 1.29 is 17.9 Å². The Bertz CT molecular complexity index is 1530. The molecule has 2 aromatic carbocycles. The van der Waals surface area contributed by atoms with Crippen LogP contribution < -0.4 is 9.47 Å². The SMILES string of the molecule is COc1ccc(-c2cn3cc(C4=CCN(S(=O)(=O)c5ccc(Br)cc5)CC4)ccc3n2)cc1OC. The van der Waals surface area contributed by atoms with Gasteiger partial charge in [0.25, 0.3) is 0 Å². The Kier molecular flexibility index (Phi) is 6.39. The van der Waals surface area contributed by atoms with Gasteiger partial charge in [-0.25, -0.2) is 13.4 Å². The van der Waals surface area contributed by atoms with Crippen LogP contribution >= 0.6 is 15.9 Å². The first-order valence-electron chi connectivity index (χ1n) is 11.1. The van der Waals surface area contributed by atoms with Crippen LogP contribution in [-0.4, -0.2) is 49.4 Å². The van der Waals surface area contributed by atoms with Gasteiger partial charge in [0, 0.05) is 35.5 Å². The minimum atomic E-state index is -3.52. The summed E-state index contributed by atoms with van der Waals surface area (Å²) >= 11 is 3.35. The first-order chi connectivity index (χ1) is 16.9. The van der Waals surface area contributed by atoms with Crippen LogP contribution in [0.25, 0.3) is 22.5 Å². The molecule has 0 fully saturated rings. The van der Waals surface area contributed by atoms with E-state index in [9.17, 15) is 8.42 Å². The number of sulfonamides is 1. The molecule has 0 saturated carbocycles. The number of fused-ring (bicyclic) bond motifs is 1. The van der Waals surface area contributed by atoms with Crippen LogP contribution in [0.5, 0.6) is 11.5 Å². The number of methoxy groups -OCH3 is 2. The van der Waals surface area contributed by atoms with E-state index in [4.69, 9.17) is 14.5 Å². The van der Waals surface area contributed by atoms with Gasteiger partial charge < -0.3 is 13.9 Å². The van der Waals surface area contributed by atoms with Crippen LogP contribution in [0.4, 0.5) is 0 Å². The molecule has 0 spiro atoms. The summed E-state index contributed by atoms with van der Waals surface area (Å²) in [6, 6.07) is 16.5. The van der Waals surface area contributed by atoms with Crippen LogP contribution in [0.15, 0.2) is 82.4 Å². The van der Waals surface area contributed by atoms with Crippen molar-refractivity contribution in [2.75, 3.05) is 27.3 Å². The number of rotatable bonds is 6. The van der Waals surface area contributed by atoms with E-state index in [1.165, 1.54) is 4.31 Å². The molecule has 0 unspecified atom stereocenters. The number of hydrogen-bond acceptors (Lipinski definition) is 5. The highest BCUT2D eigenvalue weighted by molar-refractivity contribution is 9.10. The van der Waals surface area contributed by atoms with Crippen molar-refractivity contribution in [2.24, 2.45) is 0 Å². The molecule has 7 nitrogen and oxygen atoms in total. The number of pyridine rings is 1. The quantitative estimate of drug-likeness (QED) is 0.325. The van der Waals surface area contributed by atoms with Gasteiger partial charge in [0.2, 0.25) is 10.0 Å². The van der Waals surface area contributed by atoms with E-state index in [1.807, 2.05) is 53.2 Å². The fourth-order valence-electron chi connectivity index (χ4n) is 4.20. The zero-order chi connectivity index (χ0) is 24.6. The highest BCUT2D eigenvalue weighted by Gasteiger charge is 2.26. The molecular weight excluding hydrogens is 530 g/mol. The summed E-state index contributed by atoms with van der Waals surface area (Å²) in [6.07, 6.45) is 6.65. The first kappa shape index (κ1) is 23.6. The molecule has 3 heterocycles. The second-order valence-corrected chi connectivity index (χ2v) is 11.0. The molecule has 0 atom stereocenters. The third-order valence-electron chi connectivity index (χ3n) is 6.12. The molecule has 0 N–H and O–H groups in total. The van der Waals surface area contributed by atoms with Gasteiger partial charge in [-0.2, -0.15) is 4.31 Å². The molecule has 0 radical (unpaired) electrons. The minimum Gasteiger partial charge on any atom is -0.493 e. The first-order valence-corrected chi connectivity index (χ1v) is 13.3. The van der Waals surface area contributed by atoms with Gasteiger partial charge in [-0.15, -0.1) is 0 Å². The van der Waals surface area contributed by atoms with Crippen LogP contribution in [0.2, 0.25) is 0 Å². The van der Waals surface area contributed by atoms with Crippen molar-refractivity contribution in [1.29, 1.82) is 0 Å². The summed E-state index contributed by atoms with van der Waals surface area (Å²) in [5.74, 6) is 1.32. The van der Waals surface area contributed by atoms with Crippen molar-refractivity contribution in [2.45, 2.75) is 11.3 Å². The van der Waals surface area contributed by atoms with Gasteiger partial charge in [0.15, 0.2) is 11.5 Å². The zero-order valence-corrected chi connectivity index (χ0v) is 21.7. The van der Waals surface area contributed by atoms with E-state index >= 15 is 0 Å². The fourth-order valence-corrected chi connectivity index (χ4v) is 5.85. The molecular formula is C26H24BrN3O4S. The Morgan fingerprint density at radius 1 is 0.914 bits per heavy atom. The summed E-state index contributed by atoms with van der Waals surface area (Å²) in [6.45, 7) is 0.773. The third kappa shape index (κ3) is 4.59. The molecule has 0 aliphatic carbocycles. The Hall–Kier alpha value is -3.14. The number of aromatic nitrogens is 2. The largest absolute Gasteiger partial charge is 0.493 e. The van der Waals surface area contributed by atoms with E-state index < -0.39 is 10.0 Å². The van der Waals surface area contributed by atoms with E-state index in [1.54, 1.807) is 38.5 Å². The highest BCUT2D eigenvalue weighted by Crippen LogP contribution is 2.32. The molecule has 2 aromatic heterocycles. The maximum atomic E-state index is 13.0. The average Bonchev–Trinajstić information content (AvgIpc) is 3.32. The molecule has 4 aromatic rings. The summed E-state index contributed by atoms with van der Waals surface area (Å²) < 4.78 is 41.1. The molecule has 0 bridgehead atoms. The van der Waals surface area contributed by atoms with Gasteiger partial charge in [-0.3, -0.25) is 0 Å².